The van der Waals surface area contributed by atoms with E-state index in [1.807, 2.05) is 13.8 Å². The average Bonchev–Trinajstić information content (AvgIpc) is 2.36. The van der Waals surface area contributed by atoms with Crippen LogP contribution in [0.4, 0.5) is 0 Å². The minimum Gasteiger partial charge on any atom is -0.355 e. The minimum atomic E-state index is -0.430. The molecule has 0 heterocycles. The first-order chi connectivity index (χ1) is 7.99. The molecular weight excluding hydrogens is 248 g/mol. The Labute approximate surface area is 118 Å². The van der Waals surface area contributed by atoms with Crippen LogP contribution in [-0.4, -0.2) is 19.0 Å². The molecule has 3 N–H and O–H groups in total. The van der Waals surface area contributed by atoms with Crippen LogP contribution in [0.3, 0.4) is 0 Å². The zero-order valence-corrected chi connectivity index (χ0v) is 12.8. The summed E-state index contributed by atoms with van der Waals surface area (Å²) in [6.07, 6.45) is 6.50. The molecule has 0 saturated heterocycles. The lowest BCUT2D eigenvalue weighted by molar-refractivity contribution is -0.129. The largest absolute Gasteiger partial charge is 0.355 e. The molecule has 1 fully saturated rings. The van der Waals surface area contributed by atoms with Gasteiger partial charge in [-0.2, -0.15) is 0 Å². The number of halogens is 1. The maximum atomic E-state index is 11.9. The van der Waals surface area contributed by atoms with Crippen LogP contribution in [0.2, 0.25) is 0 Å². The first kappa shape index (κ1) is 17.7. The molecule has 0 aromatic carbocycles. The van der Waals surface area contributed by atoms with Crippen LogP contribution in [-0.2, 0) is 4.79 Å². The van der Waals surface area contributed by atoms with Crippen molar-refractivity contribution in [2.24, 2.45) is 23.0 Å². The van der Waals surface area contributed by atoms with E-state index in [4.69, 9.17) is 5.73 Å². The molecule has 0 spiro atoms. The third kappa shape index (κ3) is 5.15. The Kier molecular flexibility index (Phi) is 7.88. The summed E-state index contributed by atoms with van der Waals surface area (Å²) in [5, 5.41) is 3.06. The smallest absolute Gasteiger partial charge is 0.226 e. The monoisotopic (exact) mass is 276 g/mol. The molecular formula is C14H29ClN2O. The molecule has 1 aliphatic rings. The van der Waals surface area contributed by atoms with Crippen molar-refractivity contribution in [2.45, 2.75) is 52.9 Å². The van der Waals surface area contributed by atoms with Crippen LogP contribution < -0.4 is 11.1 Å². The van der Waals surface area contributed by atoms with Crippen LogP contribution in [0.5, 0.6) is 0 Å². The zero-order valence-electron chi connectivity index (χ0n) is 12.0. The van der Waals surface area contributed by atoms with Crippen LogP contribution in [0, 0.1) is 17.3 Å². The number of rotatable bonds is 5. The van der Waals surface area contributed by atoms with Crippen LogP contribution >= 0.6 is 12.4 Å². The summed E-state index contributed by atoms with van der Waals surface area (Å²) in [6.45, 7) is 7.31. The van der Waals surface area contributed by atoms with Crippen LogP contribution in [0.15, 0.2) is 0 Å². The van der Waals surface area contributed by atoms with Crippen molar-refractivity contribution in [3.8, 4) is 0 Å². The van der Waals surface area contributed by atoms with E-state index in [-0.39, 0.29) is 18.3 Å². The van der Waals surface area contributed by atoms with Gasteiger partial charge in [0.1, 0.15) is 0 Å². The van der Waals surface area contributed by atoms with Gasteiger partial charge >= 0.3 is 0 Å². The lowest BCUT2D eigenvalue weighted by Crippen LogP contribution is -2.43. The van der Waals surface area contributed by atoms with E-state index in [2.05, 4.69) is 12.2 Å². The van der Waals surface area contributed by atoms with Crippen molar-refractivity contribution < 1.29 is 4.79 Å². The second-order valence-corrected chi connectivity index (χ2v) is 6.09. The molecule has 0 aromatic rings. The summed E-state index contributed by atoms with van der Waals surface area (Å²) in [6, 6.07) is 0. The standard InChI is InChI=1S/C14H28N2O.ClH/c1-4-11-5-7-12(8-6-11)9-16-13(17)14(2,3)10-15;/h11-12H,4-10,15H2,1-3H3,(H,16,17);1H. The number of carbonyl (C=O) groups excluding carboxylic acids is 1. The highest BCUT2D eigenvalue weighted by Crippen LogP contribution is 2.30. The van der Waals surface area contributed by atoms with Gasteiger partial charge in [0, 0.05) is 13.1 Å². The Morgan fingerprint density at radius 1 is 1.22 bits per heavy atom. The molecule has 0 bridgehead atoms. The molecule has 1 aliphatic carbocycles. The van der Waals surface area contributed by atoms with Gasteiger partial charge in [0.25, 0.3) is 0 Å². The van der Waals surface area contributed by atoms with Gasteiger partial charge in [0.05, 0.1) is 5.41 Å². The SMILES string of the molecule is CCC1CCC(CNC(=O)C(C)(C)CN)CC1.Cl. The summed E-state index contributed by atoms with van der Waals surface area (Å²) >= 11 is 0. The van der Waals surface area contributed by atoms with Crippen molar-refractivity contribution in [2.75, 3.05) is 13.1 Å². The average molecular weight is 277 g/mol. The zero-order chi connectivity index (χ0) is 12.9. The molecule has 0 unspecified atom stereocenters. The molecule has 0 atom stereocenters. The summed E-state index contributed by atoms with van der Waals surface area (Å²) in [5.74, 6) is 1.69. The fourth-order valence-corrected chi connectivity index (χ4v) is 2.41. The molecule has 18 heavy (non-hydrogen) atoms. The summed E-state index contributed by atoms with van der Waals surface area (Å²) < 4.78 is 0. The van der Waals surface area contributed by atoms with Gasteiger partial charge in [-0.25, -0.2) is 0 Å². The van der Waals surface area contributed by atoms with Gasteiger partial charge in [-0.15, -0.1) is 12.4 Å². The van der Waals surface area contributed by atoms with E-state index in [1.54, 1.807) is 0 Å². The Morgan fingerprint density at radius 2 is 1.72 bits per heavy atom. The highest BCUT2D eigenvalue weighted by Gasteiger charge is 2.27. The molecule has 0 radical (unpaired) electrons. The van der Waals surface area contributed by atoms with Gasteiger partial charge in [0.15, 0.2) is 0 Å². The number of nitrogens with one attached hydrogen (secondary N) is 1. The van der Waals surface area contributed by atoms with E-state index in [0.29, 0.717) is 12.5 Å². The molecule has 108 valence electrons. The molecule has 1 amide bonds. The Bertz CT molecular complexity index is 248. The lowest BCUT2D eigenvalue weighted by atomic mass is 9.80. The molecule has 0 aromatic heterocycles. The second kappa shape index (κ2) is 8.00. The Hall–Kier alpha value is -0.280. The first-order valence-corrected chi connectivity index (χ1v) is 6.98. The van der Waals surface area contributed by atoms with Gasteiger partial charge in [-0.3, -0.25) is 4.79 Å². The second-order valence-electron chi connectivity index (χ2n) is 6.09. The minimum absolute atomic E-state index is 0. The van der Waals surface area contributed by atoms with E-state index in [9.17, 15) is 4.79 Å². The quantitative estimate of drug-likeness (QED) is 0.811. The van der Waals surface area contributed by atoms with Gasteiger partial charge in [0.2, 0.25) is 5.91 Å². The number of amides is 1. The highest BCUT2D eigenvalue weighted by atomic mass is 35.5. The van der Waals surface area contributed by atoms with Crippen LogP contribution in [0.25, 0.3) is 0 Å². The van der Waals surface area contributed by atoms with Crippen molar-refractivity contribution in [3.63, 3.8) is 0 Å². The fourth-order valence-electron chi connectivity index (χ4n) is 2.41. The number of nitrogens with two attached hydrogens (primary N) is 1. The Balaban J connectivity index is 0.00000289. The predicted octanol–water partition coefficient (Wildman–Crippen LogP) is 2.73. The molecule has 1 rings (SSSR count). The molecule has 4 heteroatoms. The molecule has 1 saturated carbocycles. The number of hydrogen-bond donors (Lipinski definition) is 2. The van der Waals surface area contributed by atoms with Crippen molar-refractivity contribution in [1.29, 1.82) is 0 Å². The maximum absolute atomic E-state index is 11.9. The highest BCUT2D eigenvalue weighted by molar-refractivity contribution is 5.85. The third-order valence-electron chi connectivity index (χ3n) is 4.22. The van der Waals surface area contributed by atoms with Gasteiger partial charge in [-0.1, -0.05) is 26.2 Å². The van der Waals surface area contributed by atoms with Gasteiger partial charge < -0.3 is 11.1 Å². The van der Waals surface area contributed by atoms with Crippen LogP contribution in [0.1, 0.15) is 52.9 Å². The summed E-state index contributed by atoms with van der Waals surface area (Å²) in [5.41, 5.74) is 5.16. The van der Waals surface area contributed by atoms with Crippen molar-refractivity contribution in [3.05, 3.63) is 0 Å². The molecule has 0 aliphatic heterocycles. The number of hydrogen-bond acceptors (Lipinski definition) is 2. The first-order valence-electron chi connectivity index (χ1n) is 6.98. The van der Waals surface area contributed by atoms with E-state index < -0.39 is 5.41 Å². The number of carbonyl (C=O) groups is 1. The topological polar surface area (TPSA) is 55.1 Å². The van der Waals surface area contributed by atoms with E-state index in [0.717, 1.165) is 12.5 Å². The van der Waals surface area contributed by atoms with E-state index in [1.165, 1.54) is 32.1 Å². The molecule has 3 nitrogen and oxygen atoms in total. The summed E-state index contributed by atoms with van der Waals surface area (Å²) in [4.78, 5) is 11.9. The predicted molar refractivity (Wildman–Crippen MR) is 78.8 cm³/mol. The van der Waals surface area contributed by atoms with Gasteiger partial charge in [-0.05, 0) is 38.5 Å². The lowest BCUT2D eigenvalue weighted by Gasteiger charge is -2.29. The fraction of sp³-hybridized carbons (Fsp3) is 0.929. The maximum Gasteiger partial charge on any atom is 0.226 e. The van der Waals surface area contributed by atoms with Crippen molar-refractivity contribution in [1.82, 2.24) is 5.32 Å². The summed E-state index contributed by atoms with van der Waals surface area (Å²) in [7, 11) is 0. The third-order valence-corrected chi connectivity index (χ3v) is 4.22. The van der Waals surface area contributed by atoms with Crippen molar-refractivity contribution >= 4 is 18.3 Å². The normalized spacial score (nSPS) is 24.2. The van der Waals surface area contributed by atoms with E-state index >= 15 is 0 Å². The Morgan fingerprint density at radius 3 is 2.17 bits per heavy atom.